The molecule has 0 unspecified atom stereocenters. The van der Waals surface area contributed by atoms with E-state index in [0.717, 1.165) is 24.8 Å². The first-order valence-corrected chi connectivity index (χ1v) is 12.5. The second-order valence-corrected chi connectivity index (χ2v) is 8.84. The average molecular weight is 493 g/mol. The molecule has 0 aliphatic heterocycles. The molecule has 7 nitrogen and oxygen atoms in total. The lowest BCUT2D eigenvalue weighted by molar-refractivity contribution is 0.0501. The molecule has 0 radical (unpaired) electrons. The Morgan fingerprint density at radius 1 is 0.838 bits per heavy atom. The standard InChI is InChI=1S/C30H28N4O3/c1-2-3-12-19-37-30(36)25-26-28(32-24-18-11-10-17-23(24)31-26)34(20-21-13-6-4-7-14-21)27(25)33-29(35)22-15-8-5-9-16-22/h4-11,13-18H,2-3,12,19-20H2,1H3,(H,33,35). The summed E-state index contributed by atoms with van der Waals surface area (Å²) in [4.78, 5) is 36.5. The van der Waals surface area contributed by atoms with Crippen LogP contribution in [0.25, 0.3) is 22.2 Å². The summed E-state index contributed by atoms with van der Waals surface area (Å²) in [5.74, 6) is -0.535. The van der Waals surface area contributed by atoms with Gasteiger partial charge in [0.05, 0.1) is 24.2 Å². The molecule has 0 atom stereocenters. The monoisotopic (exact) mass is 492 g/mol. The van der Waals surface area contributed by atoms with Gasteiger partial charge in [-0.05, 0) is 36.2 Å². The molecule has 0 spiro atoms. The average Bonchev–Trinajstić information content (AvgIpc) is 3.22. The van der Waals surface area contributed by atoms with Crippen molar-refractivity contribution in [3.05, 3.63) is 102 Å². The van der Waals surface area contributed by atoms with Crippen molar-refractivity contribution < 1.29 is 14.3 Å². The molecular formula is C30H28N4O3. The van der Waals surface area contributed by atoms with Crippen LogP contribution < -0.4 is 5.32 Å². The van der Waals surface area contributed by atoms with E-state index in [2.05, 4.69) is 12.2 Å². The molecule has 3 aromatic carbocycles. The number of carbonyl (C=O) groups is 2. The summed E-state index contributed by atoms with van der Waals surface area (Å²) in [7, 11) is 0. The number of carbonyl (C=O) groups excluding carboxylic acids is 2. The third-order valence-corrected chi connectivity index (χ3v) is 6.19. The van der Waals surface area contributed by atoms with Gasteiger partial charge < -0.3 is 14.6 Å². The minimum Gasteiger partial charge on any atom is -0.462 e. The summed E-state index contributed by atoms with van der Waals surface area (Å²) in [5, 5.41) is 2.99. The molecule has 2 heterocycles. The van der Waals surface area contributed by atoms with Gasteiger partial charge in [0.2, 0.25) is 0 Å². The fourth-order valence-corrected chi connectivity index (χ4v) is 4.30. The lowest BCUT2D eigenvalue weighted by Crippen LogP contribution is -2.19. The number of fused-ring (bicyclic) bond motifs is 2. The molecule has 5 aromatic rings. The van der Waals surface area contributed by atoms with Crippen LogP contribution in [-0.2, 0) is 11.3 Å². The zero-order chi connectivity index (χ0) is 25.6. The van der Waals surface area contributed by atoms with Crippen LogP contribution >= 0.6 is 0 Å². The van der Waals surface area contributed by atoms with Gasteiger partial charge in [-0.1, -0.05) is 80.4 Å². The van der Waals surface area contributed by atoms with E-state index in [9.17, 15) is 9.59 Å². The molecule has 0 bridgehead atoms. The molecule has 0 aliphatic rings. The van der Waals surface area contributed by atoms with Gasteiger partial charge in [0, 0.05) is 5.56 Å². The van der Waals surface area contributed by atoms with Crippen LogP contribution in [0.1, 0.15) is 52.5 Å². The van der Waals surface area contributed by atoms with Crippen molar-refractivity contribution in [2.45, 2.75) is 32.7 Å². The Morgan fingerprint density at radius 3 is 2.19 bits per heavy atom. The van der Waals surface area contributed by atoms with Gasteiger partial charge in [-0.25, -0.2) is 14.8 Å². The number of unbranched alkanes of at least 4 members (excludes halogenated alkanes) is 2. The molecule has 7 heteroatoms. The van der Waals surface area contributed by atoms with Crippen molar-refractivity contribution in [3.63, 3.8) is 0 Å². The van der Waals surface area contributed by atoms with Crippen LogP contribution in [0.4, 0.5) is 5.82 Å². The van der Waals surface area contributed by atoms with Gasteiger partial charge in [-0.2, -0.15) is 0 Å². The summed E-state index contributed by atoms with van der Waals surface area (Å²) in [6.07, 6.45) is 2.75. The number of amides is 1. The lowest BCUT2D eigenvalue weighted by atomic mass is 10.2. The Bertz CT molecular complexity index is 1550. The minimum atomic E-state index is -0.527. The van der Waals surface area contributed by atoms with E-state index in [4.69, 9.17) is 14.7 Å². The van der Waals surface area contributed by atoms with E-state index in [-0.39, 0.29) is 11.5 Å². The lowest BCUT2D eigenvalue weighted by Gasteiger charge is -2.13. The highest BCUT2D eigenvalue weighted by molar-refractivity contribution is 6.13. The largest absolute Gasteiger partial charge is 0.462 e. The molecule has 0 aliphatic carbocycles. The van der Waals surface area contributed by atoms with E-state index >= 15 is 0 Å². The number of benzene rings is 3. The van der Waals surface area contributed by atoms with Crippen LogP contribution in [0.3, 0.4) is 0 Å². The zero-order valence-electron chi connectivity index (χ0n) is 20.7. The van der Waals surface area contributed by atoms with Gasteiger partial charge in [0.25, 0.3) is 5.91 Å². The maximum Gasteiger partial charge on any atom is 0.344 e. The Balaban J connectivity index is 1.69. The van der Waals surface area contributed by atoms with E-state index < -0.39 is 5.97 Å². The normalized spacial score (nSPS) is 11.1. The topological polar surface area (TPSA) is 86.1 Å². The van der Waals surface area contributed by atoms with E-state index in [0.29, 0.717) is 46.7 Å². The van der Waals surface area contributed by atoms with Crippen LogP contribution in [0.2, 0.25) is 0 Å². The molecule has 0 saturated carbocycles. The number of hydrogen-bond acceptors (Lipinski definition) is 5. The number of nitrogens with zero attached hydrogens (tertiary/aromatic N) is 3. The number of hydrogen-bond donors (Lipinski definition) is 1. The van der Waals surface area contributed by atoms with E-state index in [1.54, 1.807) is 24.3 Å². The van der Waals surface area contributed by atoms with Gasteiger partial charge in [-0.3, -0.25) is 4.79 Å². The SMILES string of the molecule is CCCCCOC(=O)c1c(NC(=O)c2ccccc2)n(Cc2ccccc2)c2nc3ccccc3nc12. The van der Waals surface area contributed by atoms with Gasteiger partial charge in [0.15, 0.2) is 5.65 Å². The van der Waals surface area contributed by atoms with Crippen LogP contribution in [0.15, 0.2) is 84.9 Å². The molecule has 37 heavy (non-hydrogen) atoms. The predicted molar refractivity (Wildman–Crippen MR) is 145 cm³/mol. The predicted octanol–water partition coefficient (Wildman–Crippen LogP) is 6.23. The molecular weight excluding hydrogens is 464 g/mol. The fraction of sp³-hybridized carbons (Fsp3) is 0.200. The summed E-state index contributed by atoms with van der Waals surface area (Å²) >= 11 is 0. The summed E-state index contributed by atoms with van der Waals surface area (Å²) in [6.45, 7) is 2.78. The number of aromatic nitrogens is 3. The number of rotatable bonds is 9. The molecule has 2 aromatic heterocycles. The van der Waals surface area contributed by atoms with E-state index in [1.807, 2.05) is 65.2 Å². The highest BCUT2D eigenvalue weighted by atomic mass is 16.5. The zero-order valence-corrected chi connectivity index (χ0v) is 20.7. The van der Waals surface area contributed by atoms with Crippen LogP contribution in [0, 0.1) is 0 Å². The summed E-state index contributed by atoms with van der Waals surface area (Å²) < 4.78 is 7.51. The number of anilines is 1. The minimum absolute atomic E-state index is 0.213. The first-order chi connectivity index (χ1) is 18.2. The quantitative estimate of drug-likeness (QED) is 0.195. The van der Waals surface area contributed by atoms with Crippen molar-refractivity contribution in [2.24, 2.45) is 0 Å². The van der Waals surface area contributed by atoms with Crippen LogP contribution in [-0.4, -0.2) is 33.0 Å². The molecule has 0 fully saturated rings. The Labute approximate surface area is 215 Å². The third kappa shape index (κ3) is 5.21. The van der Waals surface area contributed by atoms with Gasteiger partial charge in [0.1, 0.15) is 16.9 Å². The Hall–Kier alpha value is -4.52. The van der Waals surface area contributed by atoms with Crippen molar-refractivity contribution in [1.82, 2.24) is 14.5 Å². The van der Waals surface area contributed by atoms with Crippen molar-refractivity contribution in [2.75, 3.05) is 11.9 Å². The molecule has 0 saturated heterocycles. The van der Waals surface area contributed by atoms with Crippen molar-refractivity contribution >= 4 is 39.9 Å². The van der Waals surface area contributed by atoms with Crippen molar-refractivity contribution in [1.29, 1.82) is 0 Å². The maximum atomic E-state index is 13.5. The first-order valence-electron chi connectivity index (χ1n) is 12.5. The molecule has 1 amide bonds. The van der Waals surface area contributed by atoms with Crippen molar-refractivity contribution in [3.8, 4) is 0 Å². The number of ether oxygens (including phenoxy) is 1. The van der Waals surface area contributed by atoms with Gasteiger partial charge >= 0.3 is 5.97 Å². The summed E-state index contributed by atoms with van der Waals surface area (Å²) in [6, 6.07) is 26.3. The number of nitrogens with one attached hydrogen (secondary N) is 1. The van der Waals surface area contributed by atoms with E-state index in [1.165, 1.54) is 0 Å². The maximum absolute atomic E-state index is 13.5. The highest BCUT2D eigenvalue weighted by Crippen LogP contribution is 2.32. The number of para-hydroxylation sites is 2. The fourth-order valence-electron chi connectivity index (χ4n) is 4.30. The second kappa shape index (κ2) is 11.0. The molecule has 1 N–H and O–H groups in total. The second-order valence-electron chi connectivity index (χ2n) is 8.84. The third-order valence-electron chi connectivity index (χ3n) is 6.19. The Morgan fingerprint density at radius 2 is 1.49 bits per heavy atom. The van der Waals surface area contributed by atoms with Gasteiger partial charge in [-0.15, -0.1) is 0 Å². The van der Waals surface area contributed by atoms with Crippen LogP contribution in [0.5, 0.6) is 0 Å². The smallest absolute Gasteiger partial charge is 0.344 e. The Kier molecular flexibility index (Phi) is 7.21. The molecule has 5 rings (SSSR count). The molecule has 186 valence electrons. The first kappa shape index (κ1) is 24.2. The summed E-state index contributed by atoms with van der Waals surface area (Å²) in [5.41, 5.74) is 3.95. The highest BCUT2D eigenvalue weighted by Gasteiger charge is 2.28. The number of esters is 1.